The second-order valence-electron chi connectivity index (χ2n) is 6.89. The first kappa shape index (κ1) is 13.8. The number of hydrogen-bond donors (Lipinski definition) is 1. The van der Waals surface area contributed by atoms with E-state index >= 15 is 0 Å². The Labute approximate surface area is 117 Å². The molecule has 2 aliphatic carbocycles. The van der Waals surface area contributed by atoms with Crippen LogP contribution in [0.4, 0.5) is 0 Å². The van der Waals surface area contributed by atoms with Gasteiger partial charge in [0.25, 0.3) is 0 Å². The number of hydrogen-bond acceptors (Lipinski definition) is 3. The van der Waals surface area contributed by atoms with E-state index in [1.54, 1.807) is 0 Å². The Morgan fingerprint density at radius 1 is 0.947 bits per heavy atom. The maximum atomic E-state index is 6.37. The summed E-state index contributed by atoms with van der Waals surface area (Å²) in [5, 5.41) is 0. The molecule has 1 saturated heterocycles. The quantitative estimate of drug-likeness (QED) is 0.836. The lowest BCUT2D eigenvalue weighted by Gasteiger charge is -2.44. The molecule has 1 heterocycles. The largest absolute Gasteiger partial charge is 0.375 e. The smallest absolute Gasteiger partial charge is 0.0707 e. The highest BCUT2D eigenvalue weighted by Crippen LogP contribution is 2.40. The van der Waals surface area contributed by atoms with Crippen LogP contribution in [-0.2, 0) is 9.47 Å². The first-order valence-electron chi connectivity index (χ1n) is 8.31. The summed E-state index contributed by atoms with van der Waals surface area (Å²) in [6, 6.07) is 0.363. The molecule has 0 aromatic rings. The molecule has 3 unspecified atom stereocenters. The zero-order valence-electron chi connectivity index (χ0n) is 12.1. The zero-order chi connectivity index (χ0) is 13.1. The Bertz CT molecular complexity index is 283. The highest BCUT2D eigenvalue weighted by atomic mass is 16.5. The number of rotatable bonds is 2. The molecular formula is C16H29NO2. The maximum Gasteiger partial charge on any atom is 0.0707 e. The van der Waals surface area contributed by atoms with Gasteiger partial charge in [-0.1, -0.05) is 19.3 Å². The van der Waals surface area contributed by atoms with Crippen LogP contribution in [0.5, 0.6) is 0 Å². The molecule has 0 aromatic heterocycles. The van der Waals surface area contributed by atoms with Crippen molar-refractivity contribution in [3.63, 3.8) is 0 Å². The summed E-state index contributed by atoms with van der Waals surface area (Å²) < 4.78 is 12.5. The minimum absolute atomic E-state index is 0.165. The third kappa shape index (κ3) is 3.50. The maximum absolute atomic E-state index is 6.37. The Hall–Kier alpha value is -0.120. The van der Waals surface area contributed by atoms with Crippen LogP contribution in [0.15, 0.2) is 0 Å². The van der Waals surface area contributed by atoms with Crippen molar-refractivity contribution in [1.82, 2.24) is 0 Å². The van der Waals surface area contributed by atoms with E-state index in [4.69, 9.17) is 15.2 Å². The van der Waals surface area contributed by atoms with Crippen LogP contribution in [0.3, 0.4) is 0 Å². The topological polar surface area (TPSA) is 44.5 Å². The van der Waals surface area contributed by atoms with Crippen molar-refractivity contribution in [2.75, 3.05) is 6.61 Å². The molecule has 3 fully saturated rings. The van der Waals surface area contributed by atoms with Gasteiger partial charge in [0, 0.05) is 19.1 Å². The minimum Gasteiger partial charge on any atom is -0.375 e. The molecule has 1 spiro atoms. The van der Waals surface area contributed by atoms with Crippen molar-refractivity contribution in [1.29, 1.82) is 0 Å². The Balaban J connectivity index is 1.53. The molecule has 0 radical (unpaired) electrons. The fourth-order valence-corrected chi connectivity index (χ4v) is 4.22. The van der Waals surface area contributed by atoms with Gasteiger partial charge in [0.2, 0.25) is 0 Å². The van der Waals surface area contributed by atoms with Gasteiger partial charge in [0.1, 0.15) is 0 Å². The van der Waals surface area contributed by atoms with Gasteiger partial charge in [-0.25, -0.2) is 0 Å². The molecular weight excluding hydrogens is 238 g/mol. The Kier molecular flexibility index (Phi) is 4.45. The van der Waals surface area contributed by atoms with Gasteiger partial charge in [-0.05, 0) is 44.9 Å². The van der Waals surface area contributed by atoms with Crippen molar-refractivity contribution >= 4 is 0 Å². The molecule has 3 nitrogen and oxygen atoms in total. The van der Waals surface area contributed by atoms with Crippen LogP contribution in [0.2, 0.25) is 0 Å². The average molecular weight is 267 g/mol. The van der Waals surface area contributed by atoms with E-state index < -0.39 is 0 Å². The molecule has 2 N–H and O–H groups in total. The van der Waals surface area contributed by atoms with Crippen LogP contribution in [0.25, 0.3) is 0 Å². The zero-order valence-corrected chi connectivity index (χ0v) is 12.1. The summed E-state index contributed by atoms with van der Waals surface area (Å²) in [7, 11) is 0. The molecule has 19 heavy (non-hydrogen) atoms. The molecule has 1 aliphatic heterocycles. The lowest BCUT2D eigenvalue weighted by Crippen LogP contribution is -2.45. The molecule has 110 valence electrons. The van der Waals surface area contributed by atoms with E-state index in [0.717, 1.165) is 25.9 Å². The van der Waals surface area contributed by atoms with Gasteiger partial charge in [-0.3, -0.25) is 0 Å². The fraction of sp³-hybridized carbons (Fsp3) is 1.00. The van der Waals surface area contributed by atoms with Gasteiger partial charge < -0.3 is 15.2 Å². The summed E-state index contributed by atoms with van der Waals surface area (Å²) >= 11 is 0. The summed E-state index contributed by atoms with van der Waals surface area (Å²) in [5.74, 6) is 0. The summed E-state index contributed by atoms with van der Waals surface area (Å²) in [6.07, 6.45) is 14.3. The van der Waals surface area contributed by atoms with Crippen LogP contribution < -0.4 is 5.73 Å². The van der Waals surface area contributed by atoms with Crippen molar-refractivity contribution in [3.05, 3.63) is 0 Å². The van der Waals surface area contributed by atoms with Gasteiger partial charge in [-0.2, -0.15) is 0 Å². The average Bonchev–Trinajstić information content (AvgIpc) is 2.40. The van der Waals surface area contributed by atoms with Crippen molar-refractivity contribution in [3.8, 4) is 0 Å². The standard InChI is InChI=1S/C16H29NO2/c17-13-5-4-6-14(11-13)19-15-7-10-18-16(12-15)8-2-1-3-9-16/h13-15H,1-12,17H2. The molecule has 3 atom stereocenters. The highest BCUT2D eigenvalue weighted by molar-refractivity contribution is 4.90. The normalized spacial score (nSPS) is 39.3. The lowest BCUT2D eigenvalue weighted by atomic mass is 9.79. The van der Waals surface area contributed by atoms with Gasteiger partial charge in [0.15, 0.2) is 0 Å². The molecule has 3 aliphatic rings. The molecule has 0 aromatic carbocycles. The number of ether oxygens (including phenoxy) is 2. The molecule has 3 heteroatoms. The Morgan fingerprint density at radius 3 is 2.58 bits per heavy atom. The van der Waals surface area contributed by atoms with Crippen molar-refractivity contribution in [2.45, 2.75) is 94.5 Å². The van der Waals surface area contributed by atoms with Gasteiger partial charge >= 0.3 is 0 Å². The number of nitrogens with two attached hydrogens (primary N) is 1. The minimum atomic E-state index is 0.165. The fourth-order valence-electron chi connectivity index (χ4n) is 4.22. The van der Waals surface area contributed by atoms with Crippen LogP contribution in [-0.4, -0.2) is 30.5 Å². The van der Waals surface area contributed by atoms with Gasteiger partial charge in [-0.15, -0.1) is 0 Å². The summed E-state index contributed by atoms with van der Waals surface area (Å²) in [4.78, 5) is 0. The predicted molar refractivity (Wildman–Crippen MR) is 76.1 cm³/mol. The second kappa shape index (κ2) is 6.11. The van der Waals surface area contributed by atoms with E-state index in [-0.39, 0.29) is 5.60 Å². The molecule has 2 saturated carbocycles. The summed E-state index contributed by atoms with van der Waals surface area (Å²) in [5.41, 5.74) is 6.23. The molecule has 0 amide bonds. The Morgan fingerprint density at radius 2 is 1.79 bits per heavy atom. The third-order valence-electron chi connectivity index (χ3n) is 5.26. The van der Waals surface area contributed by atoms with Crippen LogP contribution in [0.1, 0.15) is 70.6 Å². The van der Waals surface area contributed by atoms with E-state index in [1.807, 2.05) is 0 Å². The molecule has 0 bridgehead atoms. The SMILES string of the molecule is NC1CCCC(OC2CCOC3(CCCCC3)C2)C1. The predicted octanol–water partition coefficient (Wildman–Crippen LogP) is 3.15. The monoisotopic (exact) mass is 267 g/mol. The summed E-state index contributed by atoms with van der Waals surface area (Å²) in [6.45, 7) is 0.892. The highest BCUT2D eigenvalue weighted by Gasteiger charge is 2.39. The van der Waals surface area contributed by atoms with E-state index in [0.29, 0.717) is 18.2 Å². The van der Waals surface area contributed by atoms with E-state index in [1.165, 1.54) is 51.4 Å². The lowest BCUT2D eigenvalue weighted by molar-refractivity contribution is -0.163. The first-order chi connectivity index (χ1) is 9.26. The van der Waals surface area contributed by atoms with E-state index in [9.17, 15) is 0 Å². The van der Waals surface area contributed by atoms with Crippen LogP contribution >= 0.6 is 0 Å². The van der Waals surface area contributed by atoms with E-state index in [2.05, 4.69) is 0 Å². The van der Waals surface area contributed by atoms with Crippen molar-refractivity contribution < 1.29 is 9.47 Å². The van der Waals surface area contributed by atoms with Crippen molar-refractivity contribution in [2.24, 2.45) is 5.73 Å². The molecule has 3 rings (SSSR count). The second-order valence-corrected chi connectivity index (χ2v) is 6.89. The van der Waals surface area contributed by atoms with Crippen LogP contribution in [0, 0.1) is 0 Å². The first-order valence-corrected chi connectivity index (χ1v) is 8.31. The van der Waals surface area contributed by atoms with Gasteiger partial charge in [0.05, 0.1) is 17.8 Å². The third-order valence-corrected chi connectivity index (χ3v) is 5.26.